The summed E-state index contributed by atoms with van der Waals surface area (Å²) >= 11 is 0. The third kappa shape index (κ3) is 26.1. The van der Waals surface area contributed by atoms with Gasteiger partial charge < -0.3 is 5.73 Å². The minimum atomic E-state index is 0. The average Bonchev–Trinajstić information content (AvgIpc) is 3.04. The zero-order valence-corrected chi connectivity index (χ0v) is 31.9. The molecule has 1 rings (SSSR count). The lowest BCUT2D eigenvalue weighted by molar-refractivity contribution is 0.526. The van der Waals surface area contributed by atoms with Gasteiger partial charge in [0.15, 0.2) is 0 Å². The van der Waals surface area contributed by atoms with Crippen LogP contribution in [0.1, 0.15) is 243 Å². The van der Waals surface area contributed by atoms with Crippen LogP contribution in [0, 0.1) is 0 Å². The van der Waals surface area contributed by atoms with Gasteiger partial charge in [-0.25, -0.2) is 0 Å². The molecule has 1 aromatic carbocycles. The first-order chi connectivity index (χ1) is 21.7. The number of rotatable bonds is 34. The van der Waals surface area contributed by atoms with E-state index in [0.717, 1.165) is 6.42 Å². The van der Waals surface area contributed by atoms with Crippen molar-refractivity contribution in [3.05, 3.63) is 34.9 Å². The molecule has 0 radical (unpaired) electrons. The van der Waals surface area contributed by atoms with E-state index < -0.39 is 0 Å². The third-order valence-corrected chi connectivity index (χ3v) is 10.2. The predicted octanol–water partition coefficient (Wildman–Crippen LogP) is 15.3. The molecule has 0 spiro atoms. The predicted molar refractivity (Wildman–Crippen MR) is 208 cm³/mol. The molecule has 1 aromatic rings. The first-order valence-electron chi connectivity index (χ1n) is 20.6. The maximum Gasteiger partial charge on any atom is 0.0297 e. The lowest BCUT2D eigenvalue weighted by Gasteiger charge is -2.20. The molecule has 0 aromatic heterocycles. The van der Waals surface area contributed by atoms with E-state index in [1.165, 1.54) is 211 Å². The zero-order valence-electron chi connectivity index (χ0n) is 31.1. The summed E-state index contributed by atoms with van der Waals surface area (Å²) in [6.45, 7) is 6.93. The normalized spacial score (nSPS) is 12.0. The Bertz CT molecular complexity index is 716. The Balaban J connectivity index is 0.0000194. The molecule has 1 atom stereocenters. The molecule has 0 saturated carbocycles. The van der Waals surface area contributed by atoms with Crippen molar-refractivity contribution in [1.29, 1.82) is 0 Å². The number of aryl methyl sites for hydroxylation is 1. The molecule has 0 fully saturated rings. The van der Waals surface area contributed by atoms with E-state index in [1.54, 1.807) is 11.1 Å². The highest BCUT2D eigenvalue weighted by Crippen LogP contribution is 2.28. The fourth-order valence-corrected chi connectivity index (χ4v) is 7.14. The maximum atomic E-state index is 6.95. The molecule has 0 heterocycles. The van der Waals surface area contributed by atoms with Crippen LogP contribution in [0.2, 0.25) is 0 Å². The van der Waals surface area contributed by atoms with Crippen molar-refractivity contribution in [2.24, 2.45) is 5.73 Å². The van der Waals surface area contributed by atoms with E-state index in [4.69, 9.17) is 5.73 Å². The number of unbranched alkanes of at least 4 members (excludes halogenated alkanes) is 27. The topological polar surface area (TPSA) is 26.0 Å². The van der Waals surface area contributed by atoms with Crippen molar-refractivity contribution < 1.29 is 0 Å². The molecule has 0 amide bonds. The van der Waals surface area contributed by atoms with Gasteiger partial charge in [0, 0.05) is 6.04 Å². The molecule has 0 aliphatic carbocycles. The number of halogens is 1. The van der Waals surface area contributed by atoms with Crippen molar-refractivity contribution in [1.82, 2.24) is 0 Å². The summed E-state index contributed by atoms with van der Waals surface area (Å²) in [5, 5.41) is 0. The summed E-state index contributed by atoms with van der Waals surface area (Å²) in [5.41, 5.74) is 11.7. The summed E-state index contributed by atoms with van der Waals surface area (Å²) in [6, 6.07) is 7.36. The van der Waals surface area contributed by atoms with Crippen LogP contribution in [0.4, 0.5) is 0 Å². The molecule has 1 nitrogen and oxygen atoms in total. The van der Waals surface area contributed by atoms with E-state index in [1.807, 2.05) is 0 Å². The van der Waals surface area contributed by atoms with E-state index >= 15 is 0 Å². The second-order valence-electron chi connectivity index (χ2n) is 14.4. The minimum Gasteiger partial charge on any atom is -0.324 e. The molecule has 0 saturated heterocycles. The Morgan fingerprint density at radius 3 is 1.16 bits per heavy atom. The Labute approximate surface area is 290 Å². The Morgan fingerprint density at radius 2 is 0.756 bits per heavy atom. The number of hydrogen-bond acceptors (Lipinski definition) is 1. The average molecular weight is 649 g/mol. The second-order valence-corrected chi connectivity index (χ2v) is 14.4. The standard InChI is InChI=1S/C43H81N.ClH/c1-4-7-10-13-16-19-22-25-28-31-35-40-36-34-38-42(41(40)37-32-29-26-23-20-17-14-11-8-5-2)43(44)39-33-30-27-24-21-18-15-12-9-6-3;/h34,36,38,43H,4-33,35,37,39,44H2,1-3H3;1H. The molecular formula is C43H82ClN. The number of nitrogens with two attached hydrogens (primary N) is 1. The van der Waals surface area contributed by atoms with Crippen LogP contribution in [-0.4, -0.2) is 0 Å². The van der Waals surface area contributed by atoms with Crippen LogP contribution >= 0.6 is 12.4 Å². The fraction of sp³-hybridized carbons (Fsp3) is 0.860. The highest BCUT2D eigenvalue weighted by atomic mass is 35.5. The Hall–Kier alpha value is -0.530. The van der Waals surface area contributed by atoms with Crippen LogP contribution in [-0.2, 0) is 12.8 Å². The molecule has 0 aliphatic heterocycles. The summed E-state index contributed by atoms with van der Waals surface area (Å²) in [6.07, 6.45) is 45.8. The molecular weight excluding hydrogens is 566 g/mol. The molecule has 1 unspecified atom stereocenters. The third-order valence-electron chi connectivity index (χ3n) is 10.2. The molecule has 2 heteroatoms. The molecule has 266 valence electrons. The molecule has 45 heavy (non-hydrogen) atoms. The number of benzene rings is 1. The minimum absolute atomic E-state index is 0. The van der Waals surface area contributed by atoms with Gasteiger partial charge in [0.1, 0.15) is 0 Å². The fourth-order valence-electron chi connectivity index (χ4n) is 7.14. The van der Waals surface area contributed by atoms with E-state index in [0.29, 0.717) is 0 Å². The molecule has 2 N–H and O–H groups in total. The lowest BCUT2D eigenvalue weighted by atomic mass is 9.88. The van der Waals surface area contributed by atoms with Crippen molar-refractivity contribution in [3.8, 4) is 0 Å². The van der Waals surface area contributed by atoms with Crippen LogP contribution in [0.15, 0.2) is 18.2 Å². The van der Waals surface area contributed by atoms with Gasteiger partial charge in [-0.3, -0.25) is 0 Å². The lowest BCUT2D eigenvalue weighted by Crippen LogP contribution is -2.14. The zero-order chi connectivity index (χ0) is 31.8. The van der Waals surface area contributed by atoms with Crippen LogP contribution in [0.25, 0.3) is 0 Å². The summed E-state index contributed by atoms with van der Waals surface area (Å²) in [5.74, 6) is 0. The molecule has 0 bridgehead atoms. The van der Waals surface area contributed by atoms with Crippen molar-refractivity contribution in [2.75, 3.05) is 0 Å². The van der Waals surface area contributed by atoms with Gasteiger partial charge >= 0.3 is 0 Å². The molecule has 0 aliphatic rings. The quantitative estimate of drug-likeness (QED) is 0.0740. The summed E-state index contributed by atoms with van der Waals surface area (Å²) in [7, 11) is 0. The summed E-state index contributed by atoms with van der Waals surface area (Å²) in [4.78, 5) is 0. The first kappa shape index (κ1) is 44.5. The van der Waals surface area contributed by atoms with Gasteiger partial charge in [0.25, 0.3) is 0 Å². The largest absolute Gasteiger partial charge is 0.324 e. The van der Waals surface area contributed by atoms with Crippen molar-refractivity contribution in [2.45, 2.75) is 239 Å². The van der Waals surface area contributed by atoms with Crippen LogP contribution in [0.3, 0.4) is 0 Å². The van der Waals surface area contributed by atoms with Gasteiger partial charge in [0.05, 0.1) is 0 Å². The van der Waals surface area contributed by atoms with Gasteiger partial charge in [-0.2, -0.15) is 0 Å². The first-order valence-corrected chi connectivity index (χ1v) is 20.6. The Kier molecular flexibility index (Phi) is 34.4. The van der Waals surface area contributed by atoms with Crippen LogP contribution in [0.5, 0.6) is 0 Å². The monoisotopic (exact) mass is 648 g/mol. The smallest absolute Gasteiger partial charge is 0.0297 e. The second kappa shape index (κ2) is 34.8. The van der Waals surface area contributed by atoms with Gasteiger partial charge in [-0.05, 0) is 48.8 Å². The Morgan fingerprint density at radius 1 is 0.422 bits per heavy atom. The van der Waals surface area contributed by atoms with Gasteiger partial charge in [-0.15, -0.1) is 12.4 Å². The van der Waals surface area contributed by atoms with E-state index in [2.05, 4.69) is 39.0 Å². The van der Waals surface area contributed by atoms with Crippen LogP contribution < -0.4 is 5.73 Å². The van der Waals surface area contributed by atoms with Crippen molar-refractivity contribution >= 4 is 12.4 Å². The SMILES string of the molecule is CCCCCCCCCCCCc1cccc(C(N)CCCCCCCCCCCC)c1CCCCCCCCCCCC.Cl. The summed E-state index contributed by atoms with van der Waals surface area (Å²) < 4.78 is 0. The van der Waals surface area contributed by atoms with Crippen molar-refractivity contribution in [3.63, 3.8) is 0 Å². The maximum absolute atomic E-state index is 6.95. The highest BCUT2D eigenvalue weighted by Gasteiger charge is 2.14. The highest BCUT2D eigenvalue weighted by molar-refractivity contribution is 5.85. The van der Waals surface area contributed by atoms with E-state index in [-0.39, 0.29) is 18.4 Å². The number of hydrogen-bond donors (Lipinski definition) is 1. The van der Waals surface area contributed by atoms with E-state index in [9.17, 15) is 0 Å². The van der Waals surface area contributed by atoms with Gasteiger partial charge in [0.2, 0.25) is 0 Å². The van der Waals surface area contributed by atoms with Gasteiger partial charge in [-0.1, -0.05) is 219 Å².